The van der Waals surface area contributed by atoms with E-state index in [0.29, 0.717) is 46.6 Å². The van der Waals surface area contributed by atoms with Gasteiger partial charge in [0.2, 0.25) is 0 Å². The van der Waals surface area contributed by atoms with Crippen molar-refractivity contribution in [1.82, 2.24) is 14.3 Å². The molecule has 238 valence electrons. The number of benzene rings is 3. The highest BCUT2D eigenvalue weighted by Crippen LogP contribution is 2.40. The molecule has 11 nitrogen and oxygen atoms in total. The lowest BCUT2D eigenvalue weighted by Gasteiger charge is -2.17. The molecule has 1 amide bonds. The highest BCUT2D eigenvalue weighted by Gasteiger charge is 2.47. The van der Waals surface area contributed by atoms with E-state index >= 15 is 4.39 Å². The second-order valence-electron chi connectivity index (χ2n) is 10.8. The van der Waals surface area contributed by atoms with Gasteiger partial charge in [0.15, 0.2) is 11.6 Å². The van der Waals surface area contributed by atoms with Gasteiger partial charge in [0.05, 0.1) is 23.4 Å². The van der Waals surface area contributed by atoms with Crippen LogP contribution in [0.5, 0.6) is 17.2 Å². The average Bonchev–Trinajstić information content (AvgIpc) is 3.76. The van der Waals surface area contributed by atoms with Gasteiger partial charge < -0.3 is 25.3 Å². The number of rotatable bonds is 10. The molecule has 0 radical (unpaired) electrons. The van der Waals surface area contributed by atoms with E-state index in [0.717, 1.165) is 6.07 Å². The van der Waals surface area contributed by atoms with Crippen molar-refractivity contribution in [2.24, 2.45) is 12.8 Å². The minimum absolute atomic E-state index is 0. The first-order valence-corrected chi connectivity index (χ1v) is 14.2. The molecule has 46 heavy (non-hydrogen) atoms. The molecule has 1 aliphatic rings. The highest BCUT2D eigenvalue weighted by atomic mass is 35.5. The number of ether oxygens (including phenoxy) is 3. The van der Waals surface area contributed by atoms with E-state index in [-0.39, 0.29) is 42.6 Å². The Labute approximate surface area is 269 Å². The van der Waals surface area contributed by atoms with E-state index in [9.17, 15) is 14.4 Å². The molecule has 5 aromatic rings. The van der Waals surface area contributed by atoms with Crippen LogP contribution in [0.15, 0.2) is 83.8 Å². The van der Waals surface area contributed by atoms with Crippen molar-refractivity contribution in [3.63, 3.8) is 0 Å². The van der Waals surface area contributed by atoms with Crippen LogP contribution in [-0.4, -0.2) is 45.0 Å². The predicted octanol–water partition coefficient (Wildman–Crippen LogP) is 5.05. The zero-order chi connectivity index (χ0) is 31.7. The van der Waals surface area contributed by atoms with Crippen LogP contribution in [0.4, 0.5) is 10.1 Å². The molecule has 6 rings (SSSR count). The number of esters is 1. The zero-order valence-corrected chi connectivity index (χ0v) is 25.8. The molecule has 1 saturated carbocycles. The van der Waals surface area contributed by atoms with Gasteiger partial charge in [0, 0.05) is 36.5 Å². The van der Waals surface area contributed by atoms with Gasteiger partial charge in [-0.05, 0) is 62.2 Å². The largest absolute Gasteiger partial charge is 0.489 e. The van der Waals surface area contributed by atoms with Gasteiger partial charge >= 0.3 is 5.97 Å². The molecule has 1 aliphatic carbocycles. The summed E-state index contributed by atoms with van der Waals surface area (Å²) in [7, 11) is 1.69. The van der Waals surface area contributed by atoms with Gasteiger partial charge in [-0.3, -0.25) is 24.0 Å². The Hall–Kier alpha value is -5.20. The van der Waals surface area contributed by atoms with Crippen molar-refractivity contribution >= 4 is 40.9 Å². The minimum atomic E-state index is -0.717. The van der Waals surface area contributed by atoms with Crippen molar-refractivity contribution in [1.29, 1.82) is 0 Å². The summed E-state index contributed by atoms with van der Waals surface area (Å²) in [5.74, 6) is -1.03. The monoisotopic (exact) mass is 647 g/mol. The summed E-state index contributed by atoms with van der Waals surface area (Å²) in [6, 6.07) is 19.8. The number of fused-ring (bicyclic) bond motifs is 1. The quantitative estimate of drug-likeness (QED) is 0.201. The topological polar surface area (TPSA) is 140 Å². The average molecular weight is 648 g/mol. The number of para-hydroxylation sites is 1. The van der Waals surface area contributed by atoms with Crippen molar-refractivity contribution in [2.45, 2.75) is 25.4 Å². The number of halogens is 2. The number of pyridine rings is 1. The number of anilines is 1. The fourth-order valence-corrected chi connectivity index (χ4v) is 5.00. The second-order valence-corrected chi connectivity index (χ2v) is 10.8. The van der Waals surface area contributed by atoms with Gasteiger partial charge in [-0.2, -0.15) is 0 Å². The van der Waals surface area contributed by atoms with E-state index in [1.807, 2.05) is 6.07 Å². The fourth-order valence-electron chi connectivity index (χ4n) is 5.00. The highest BCUT2D eigenvalue weighted by molar-refractivity contribution is 6.05. The molecule has 13 heteroatoms. The Bertz CT molecular complexity index is 1990. The maximum absolute atomic E-state index is 15.2. The summed E-state index contributed by atoms with van der Waals surface area (Å²) < 4.78 is 35.4. The molecular weight excluding hydrogens is 617 g/mol. The van der Waals surface area contributed by atoms with Gasteiger partial charge in [-0.1, -0.05) is 18.2 Å². The summed E-state index contributed by atoms with van der Waals surface area (Å²) in [6.45, 7) is 1.68. The van der Waals surface area contributed by atoms with Gasteiger partial charge in [0.1, 0.15) is 29.3 Å². The molecule has 0 bridgehead atoms. The van der Waals surface area contributed by atoms with Crippen LogP contribution in [0.2, 0.25) is 0 Å². The van der Waals surface area contributed by atoms with Crippen molar-refractivity contribution < 1.29 is 28.2 Å². The molecule has 3 aromatic carbocycles. The maximum atomic E-state index is 15.2. The third kappa shape index (κ3) is 6.44. The summed E-state index contributed by atoms with van der Waals surface area (Å²) in [5.41, 5.74) is 5.96. The zero-order valence-electron chi connectivity index (χ0n) is 25.0. The molecule has 2 heterocycles. The van der Waals surface area contributed by atoms with E-state index < -0.39 is 28.9 Å². The first-order valence-electron chi connectivity index (χ1n) is 14.2. The Balaban J connectivity index is 0.00000417. The van der Waals surface area contributed by atoms with Crippen molar-refractivity contribution in [3.8, 4) is 22.9 Å². The van der Waals surface area contributed by atoms with E-state index in [1.165, 1.54) is 23.0 Å². The Kier molecular flexibility index (Phi) is 9.12. The number of aromatic nitrogens is 3. The summed E-state index contributed by atoms with van der Waals surface area (Å²) in [5, 5.41) is 3.24. The first-order chi connectivity index (χ1) is 21.7. The lowest BCUT2D eigenvalue weighted by molar-refractivity contribution is -0.151. The maximum Gasteiger partial charge on any atom is 0.320 e. The normalized spacial score (nSPS) is 13.0. The fraction of sp³-hybridized carbons (Fsp3) is 0.212. The van der Waals surface area contributed by atoms with Crippen LogP contribution in [0.25, 0.3) is 16.6 Å². The van der Waals surface area contributed by atoms with Crippen LogP contribution in [0, 0.1) is 12.7 Å². The number of hydrogen-bond donors (Lipinski definition) is 2. The van der Waals surface area contributed by atoms with Gasteiger partial charge in [-0.15, -0.1) is 12.4 Å². The number of amides is 1. The molecule has 2 aromatic heterocycles. The number of hydrogen-bond acceptors (Lipinski definition) is 8. The van der Waals surface area contributed by atoms with Crippen LogP contribution in [0.1, 0.15) is 28.9 Å². The minimum Gasteiger partial charge on any atom is -0.489 e. The Morgan fingerprint density at radius 2 is 1.80 bits per heavy atom. The van der Waals surface area contributed by atoms with Gasteiger partial charge in [0.25, 0.3) is 11.5 Å². The smallest absolute Gasteiger partial charge is 0.320 e. The first kappa shape index (κ1) is 32.2. The molecule has 0 atom stereocenters. The van der Waals surface area contributed by atoms with E-state index in [2.05, 4.69) is 10.3 Å². The number of carbonyl (C=O) groups is 2. The van der Waals surface area contributed by atoms with Crippen LogP contribution >= 0.6 is 12.4 Å². The number of carbonyl (C=O) groups excluding carboxylic acids is 2. The van der Waals surface area contributed by atoms with Crippen molar-refractivity contribution in [2.75, 3.05) is 18.5 Å². The Morgan fingerprint density at radius 1 is 1.04 bits per heavy atom. The van der Waals surface area contributed by atoms with Gasteiger partial charge in [-0.25, -0.2) is 9.07 Å². The number of nitrogens with zero attached hydrogens (tertiary/aromatic N) is 3. The molecule has 3 N–H and O–H groups in total. The lowest BCUT2D eigenvalue weighted by atomic mass is 10.2. The predicted molar refractivity (Wildman–Crippen MR) is 172 cm³/mol. The van der Waals surface area contributed by atoms with E-state index in [1.54, 1.807) is 67.2 Å². The molecule has 1 fully saturated rings. The van der Waals surface area contributed by atoms with Crippen molar-refractivity contribution in [3.05, 3.63) is 106 Å². The summed E-state index contributed by atoms with van der Waals surface area (Å²) in [4.78, 5) is 42.3. The Morgan fingerprint density at radius 3 is 2.50 bits per heavy atom. The molecule has 0 aliphatic heterocycles. The van der Waals surface area contributed by atoms with Crippen LogP contribution < -0.4 is 26.1 Å². The van der Waals surface area contributed by atoms with Crippen LogP contribution in [0.3, 0.4) is 0 Å². The molecular formula is C33H31ClFN5O6. The SMILES string of the molecule is Cc1c(C(=O)Nc2ccc(Oc3ccnc4cc(OCC5(OC(=O)CN)CC5)ccc34)c(F)c2)c(=O)n(-c2ccccc2)n1C.Cl. The summed E-state index contributed by atoms with van der Waals surface area (Å²) in [6.07, 6.45) is 2.94. The molecule has 0 saturated heterocycles. The standard InChI is InChI=1S/C33H30FN5O6.ClH/c1-20-30(32(42)39(38(20)2)22-6-4-3-5-7-22)31(41)37-21-8-11-28(25(34)16-21)44-27-12-15-36-26-17-23(9-10-24(26)27)43-19-33(13-14-33)45-29(40)18-35;/h3-12,15-17H,13-14,18-19,35H2,1-2H3,(H,37,41);1H. The number of nitrogens with two attached hydrogens (primary N) is 1. The molecule has 0 spiro atoms. The second kappa shape index (κ2) is 13.0. The third-order valence-corrected chi connectivity index (χ3v) is 7.67. The van der Waals surface area contributed by atoms with Crippen LogP contribution in [-0.2, 0) is 16.6 Å². The third-order valence-electron chi connectivity index (χ3n) is 7.67. The summed E-state index contributed by atoms with van der Waals surface area (Å²) >= 11 is 0. The molecule has 0 unspecified atom stereocenters. The number of nitrogens with one attached hydrogen (secondary N) is 1. The van der Waals surface area contributed by atoms with E-state index in [4.69, 9.17) is 19.9 Å². The lowest BCUT2D eigenvalue weighted by Crippen LogP contribution is -2.30.